The molecule has 0 saturated carbocycles. The van der Waals surface area contributed by atoms with Crippen molar-refractivity contribution in [2.45, 2.75) is 19.9 Å². The van der Waals surface area contributed by atoms with E-state index in [4.69, 9.17) is 4.42 Å². The molecule has 0 fully saturated rings. The second kappa shape index (κ2) is 7.48. The number of furan rings is 1. The summed E-state index contributed by atoms with van der Waals surface area (Å²) in [6, 6.07) is 10.8. The van der Waals surface area contributed by atoms with E-state index in [1.54, 1.807) is 43.7 Å². The van der Waals surface area contributed by atoms with E-state index in [1.165, 1.54) is 4.68 Å². The van der Waals surface area contributed by atoms with Crippen molar-refractivity contribution in [3.63, 3.8) is 0 Å². The van der Waals surface area contributed by atoms with E-state index in [0.29, 0.717) is 23.4 Å². The first kappa shape index (κ1) is 17.2. The number of aromatic nitrogens is 2. The van der Waals surface area contributed by atoms with Crippen LogP contribution >= 0.6 is 15.9 Å². The minimum absolute atomic E-state index is 0.144. The molecule has 0 aliphatic heterocycles. The second-order valence-corrected chi connectivity index (χ2v) is 6.55. The van der Waals surface area contributed by atoms with Gasteiger partial charge in [-0.15, -0.1) is 0 Å². The van der Waals surface area contributed by atoms with Crippen LogP contribution in [0, 0.1) is 6.92 Å². The van der Waals surface area contributed by atoms with E-state index in [2.05, 4.69) is 26.3 Å². The average molecular weight is 402 g/mol. The fraction of sp³-hybridized carbons (Fsp3) is 0.167. The molecule has 0 unspecified atom stereocenters. The SMILES string of the molecule is Cc1cc(Cc2ccoc2)c(=O)n(CC(=O)Nc2ccc(Br)cc2)n1. The van der Waals surface area contributed by atoms with Crippen LogP contribution in [-0.2, 0) is 17.8 Å². The van der Waals surface area contributed by atoms with Gasteiger partial charge in [-0.2, -0.15) is 5.10 Å². The molecule has 2 heterocycles. The predicted molar refractivity (Wildman–Crippen MR) is 97.5 cm³/mol. The molecule has 0 saturated heterocycles. The van der Waals surface area contributed by atoms with Crippen LogP contribution in [0.2, 0.25) is 0 Å². The maximum Gasteiger partial charge on any atom is 0.270 e. The molecule has 128 valence electrons. The molecule has 2 aromatic heterocycles. The molecule has 1 amide bonds. The van der Waals surface area contributed by atoms with Gasteiger partial charge in [0.15, 0.2) is 0 Å². The number of carbonyl (C=O) groups is 1. The first-order chi connectivity index (χ1) is 12.0. The van der Waals surface area contributed by atoms with Crippen molar-refractivity contribution in [1.82, 2.24) is 9.78 Å². The Labute approximate surface area is 152 Å². The maximum atomic E-state index is 12.6. The van der Waals surface area contributed by atoms with E-state index >= 15 is 0 Å². The Balaban J connectivity index is 1.77. The largest absolute Gasteiger partial charge is 0.472 e. The molecule has 0 bridgehead atoms. The van der Waals surface area contributed by atoms with Crippen molar-refractivity contribution in [1.29, 1.82) is 0 Å². The van der Waals surface area contributed by atoms with Gasteiger partial charge in [0.1, 0.15) is 6.54 Å². The molecule has 0 spiro atoms. The van der Waals surface area contributed by atoms with Gasteiger partial charge < -0.3 is 9.73 Å². The lowest BCUT2D eigenvalue weighted by Gasteiger charge is -2.09. The van der Waals surface area contributed by atoms with Crippen molar-refractivity contribution >= 4 is 27.5 Å². The minimum atomic E-state index is -0.309. The lowest BCUT2D eigenvalue weighted by molar-refractivity contribution is -0.117. The second-order valence-electron chi connectivity index (χ2n) is 5.64. The molecule has 3 aromatic rings. The van der Waals surface area contributed by atoms with Crippen LogP contribution in [-0.4, -0.2) is 15.7 Å². The van der Waals surface area contributed by atoms with Crippen LogP contribution in [0.1, 0.15) is 16.8 Å². The monoisotopic (exact) mass is 401 g/mol. The number of hydrogen-bond acceptors (Lipinski definition) is 4. The molecular formula is C18H16BrN3O3. The van der Waals surface area contributed by atoms with Crippen LogP contribution in [0.4, 0.5) is 5.69 Å². The molecule has 6 nitrogen and oxygen atoms in total. The van der Waals surface area contributed by atoms with Crippen LogP contribution in [0.25, 0.3) is 0 Å². The molecule has 25 heavy (non-hydrogen) atoms. The summed E-state index contributed by atoms with van der Waals surface area (Å²) in [6.07, 6.45) is 3.60. The fourth-order valence-corrected chi connectivity index (χ4v) is 2.73. The van der Waals surface area contributed by atoms with Gasteiger partial charge in [-0.3, -0.25) is 9.59 Å². The summed E-state index contributed by atoms with van der Waals surface area (Å²) < 4.78 is 7.15. The Hall–Kier alpha value is -2.67. The predicted octanol–water partition coefficient (Wildman–Crippen LogP) is 3.14. The third-order valence-electron chi connectivity index (χ3n) is 3.57. The fourth-order valence-electron chi connectivity index (χ4n) is 2.46. The van der Waals surface area contributed by atoms with E-state index < -0.39 is 0 Å². The number of benzene rings is 1. The van der Waals surface area contributed by atoms with Gasteiger partial charge in [-0.1, -0.05) is 15.9 Å². The van der Waals surface area contributed by atoms with E-state index in [0.717, 1.165) is 10.0 Å². The van der Waals surface area contributed by atoms with Gasteiger partial charge in [0, 0.05) is 22.1 Å². The Kier molecular flexibility index (Phi) is 5.14. The van der Waals surface area contributed by atoms with Gasteiger partial charge in [0.05, 0.1) is 18.2 Å². The van der Waals surface area contributed by atoms with E-state index in [9.17, 15) is 9.59 Å². The third-order valence-corrected chi connectivity index (χ3v) is 4.10. The first-order valence-corrected chi connectivity index (χ1v) is 8.45. The number of nitrogens with zero attached hydrogens (tertiary/aromatic N) is 2. The van der Waals surface area contributed by atoms with Crippen molar-refractivity contribution in [2.24, 2.45) is 0 Å². The highest BCUT2D eigenvalue weighted by Gasteiger charge is 2.12. The van der Waals surface area contributed by atoms with E-state index in [-0.39, 0.29) is 18.0 Å². The van der Waals surface area contributed by atoms with Crippen molar-refractivity contribution in [3.8, 4) is 0 Å². The highest BCUT2D eigenvalue weighted by atomic mass is 79.9. The smallest absolute Gasteiger partial charge is 0.270 e. The molecule has 0 aliphatic rings. The first-order valence-electron chi connectivity index (χ1n) is 7.65. The summed E-state index contributed by atoms with van der Waals surface area (Å²) in [5, 5.41) is 6.93. The summed E-state index contributed by atoms with van der Waals surface area (Å²) in [4.78, 5) is 24.8. The molecule has 0 radical (unpaired) electrons. The van der Waals surface area contributed by atoms with Crippen LogP contribution in [0.5, 0.6) is 0 Å². The Morgan fingerprint density at radius 3 is 2.72 bits per heavy atom. The van der Waals surface area contributed by atoms with Gasteiger partial charge in [-0.25, -0.2) is 4.68 Å². The molecule has 3 rings (SSSR count). The van der Waals surface area contributed by atoms with Gasteiger partial charge in [0.2, 0.25) is 5.91 Å². The van der Waals surface area contributed by atoms with Crippen LogP contribution in [0.15, 0.2) is 62.6 Å². The van der Waals surface area contributed by atoms with Gasteiger partial charge in [0.25, 0.3) is 5.56 Å². The Morgan fingerprint density at radius 2 is 2.04 bits per heavy atom. The maximum absolute atomic E-state index is 12.6. The number of carbonyl (C=O) groups excluding carboxylic acids is 1. The lowest BCUT2D eigenvalue weighted by Crippen LogP contribution is -2.32. The van der Waals surface area contributed by atoms with Gasteiger partial charge in [-0.05, 0) is 48.9 Å². The highest BCUT2D eigenvalue weighted by Crippen LogP contribution is 2.14. The number of anilines is 1. The standard InChI is InChI=1S/C18H16BrN3O3/c1-12-8-14(9-13-6-7-25-11-13)18(24)22(21-12)10-17(23)20-16-4-2-15(19)3-5-16/h2-8,11H,9-10H2,1H3,(H,20,23). The highest BCUT2D eigenvalue weighted by molar-refractivity contribution is 9.10. The Bertz CT molecular complexity index is 931. The van der Waals surface area contributed by atoms with E-state index in [1.807, 2.05) is 12.1 Å². The summed E-state index contributed by atoms with van der Waals surface area (Å²) >= 11 is 3.34. The lowest BCUT2D eigenvalue weighted by atomic mass is 10.1. The number of rotatable bonds is 5. The molecule has 1 N–H and O–H groups in total. The average Bonchev–Trinajstić information content (AvgIpc) is 3.07. The number of nitrogens with one attached hydrogen (secondary N) is 1. The van der Waals surface area contributed by atoms with Crippen molar-refractivity contribution in [3.05, 3.63) is 80.6 Å². The zero-order chi connectivity index (χ0) is 17.8. The summed E-state index contributed by atoms with van der Waals surface area (Å²) in [6.45, 7) is 1.65. The zero-order valence-corrected chi connectivity index (χ0v) is 15.1. The molecular weight excluding hydrogens is 386 g/mol. The minimum Gasteiger partial charge on any atom is -0.472 e. The van der Waals surface area contributed by atoms with Crippen LogP contribution < -0.4 is 10.9 Å². The van der Waals surface area contributed by atoms with Crippen molar-refractivity contribution < 1.29 is 9.21 Å². The summed E-state index contributed by atoms with van der Waals surface area (Å²) in [7, 11) is 0. The topological polar surface area (TPSA) is 77.1 Å². The number of halogens is 1. The summed E-state index contributed by atoms with van der Waals surface area (Å²) in [5.41, 5.74) is 2.53. The normalized spacial score (nSPS) is 10.6. The number of hydrogen-bond donors (Lipinski definition) is 1. The zero-order valence-electron chi connectivity index (χ0n) is 13.5. The van der Waals surface area contributed by atoms with Gasteiger partial charge >= 0.3 is 0 Å². The Morgan fingerprint density at radius 1 is 1.28 bits per heavy atom. The third kappa shape index (κ3) is 4.45. The van der Waals surface area contributed by atoms with Crippen molar-refractivity contribution in [2.75, 3.05) is 5.32 Å². The molecule has 7 heteroatoms. The quantitative estimate of drug-likeness (QED) is 0.712. The molecule has 1 aromatic carbocycles. The number of aryl methyl sites for hydroxylation is 1. The molecule has 0 atom stereocenters. The van der Waals surface area contributed by atoms with Crippen LogP contribution in [0.3, 0.4) is 0 Å². The molecule has 0 aliphatic carbocycles. The number of amides is 1. The summed E-state index contributed by atoms with van der Waals surface area (Å²) in [5.74, 6) is -0.309.